The Balaban J connectivity index is 2.51. The van der Waals surface area contributed by atoms with E-state index in [-0.39, 0.29) is 5.41 Å². The third-order valence-corrected chi connectivity index (χ3v) is 3.47. The molecule has 0 bridgehead atoms. The highest BCUT2D eigenvalue weighted by molar-refractivity contribution is 5.67. The first-order valence-corrected chi connectivity index (χ1v) is 6.84. The molecule has 0 unspecified atom stereocenters. The van der Waals surface area contributed by atoms with Crippen molar-refractivity contribution in [2.24, 2.45) is 0 Å². The lowest BCUT2D eigenvalue weighted by atomic mass is 9.84. The Morgan fingerprint density at radius 1 is 0.818 bits per heavy atom. The van der Waals surface area contributed by atoms with Gasteiger partial charge in [0.25, 0.3) is 0 Å². The van der Waals surface area contributed by atoms with Crippen LogP contribution < -0.4 is 0 Å². The van der Waals surface area contributed by atoms with Crippen LogP contribution in [0.15, 0.2) is 42.5 Å². The minimum atomic E-state index is -4.34. The predicted molar refractivity (Wildman–Crippen MR) is 80.3 cm³/mol. The van der Waals surface area contributed by atoms with Crippen LogP contribution in [0.4, 0.5) is 13.2 Å². The van der Waals surface area contributed by atoms with Crippen molar-refractivity contribution in [3.63, 3.8) is 0 Å². The van der Waals surface area contributed by atoms with Crippen LogP contribution in [0.5, 0.6) is 0 Å². The van der Waals surface area contributed by atoms with E-state index in [1.165, 1.54) is 12.1 Å². The largest absolute Gasteiger partial charge is 0.416 e. The van der Waals surface area contributed by atoms with Gasteiger partial charge in [0.2, 0.25) is 0 Å². The monoisotopic (exact) mass is 303 g/mol. The van der Waals surface area contributed by atoms with Crippen molar-refractivity contribution in [3.8, 4) is 17.2 Å². The van der Waals surface area contributed by atoms with Gasteiger partial charge in [0.15, 0.2) is 0 Å². The maximum atomic E-state index is 12.6. The van der Waals surface area contributed by atoms with Gasteiger partial charge >= 0.3 is 6.18 Å². The van der Waals surface area contributed by atoms with E-state index < -0.39 is 11.7 Å². The number of nitriles is 1. The number of alkyl halides is 3. The van der Waals surface area contributed by atoms with Crippen LogP contribution >= 0.6 is 0 Å². The quantitative estimate of drug-likeness (QED) is 0.678. The second-order valence-corrected chi connectivity index (χ2v) is 6.24. The average Bonchev–Trinajstić information content (AvgIpc) is 2.45. The average molecular weight is 303 g/mol. The Morgan fingerprint density at radius 2 is 1.41 bits per heavy atom. The highest BCUT2D eigenvalue weighted by atomic mass is 19.4. The van der Waals surface area contributed by atoms with Gasteiger partial charge in [-0.25, -0.2) is 0 Å². The van der Waals surface area contributed by atoms with E-state index in [2.05, 4.69) is 6.07 Å². The van der Waals surface area contributed by atoms with Crippen LogP contribution in [0.25, 0.3) is 11.1 Å². The first kappa shape index (κ1) is 16.1. The van der Waals surface area contributed by atoms with Crippen molar-refractivity contribution < 1.29 is 13.2 Å². The molecule has 0 aliphatic heterocycles. The molecule has 0 amide bonds. The number of hydrogen-bond donors (Lipinski definition) is 0. The van der Waals surface area contributed by atoms with Crippen molar-refractivity contribution >= 4 is 0 Å². The van der Waals surface area contributed by atoms with Crippen LogP contribution in [-0.4, -0.2) is 0 Å². The Hall–Kier alpha value is -2.28. The predicted octanol–water partition coefficient (Wildman–Crippen LogP) is 5.54. The molecule has 0 aliphatic carbocycles. The van der Waals surface area contributed by atoms with Gasteiger partial charge in [-0.1, -0.05) is 39.0 Å². The second kappa shape index (κ2) is 5.49. The molecule has 0 aliphatic rings. The Kier molecular flexibility index (Phi) is 4.02. The van der Waals surface area contributed by atoms with Gasteiger partial charge in [0.1, 0.15) is 0 Å². The van der Waals surface area contributed by atoms with Gasteiger partial charge in [-0.05, 0) is 46.4 Å². The molecule has 0 heterocycles. The highest BCUT2D eigenvalue weighted by Crippen LogP contribution is 2.33. The van der Waals surface area contributed by atoms with Crippen molar-refractivity contribution in [1.29, 1.82) is 5.26 Å². The fourth-order valence-electron chi connectivity index (χ4n) is 2.14. The molecule has 0 atom stereocenters. The molecule has 2 aromatic carbocycles. The van der Waals surface area contributed by atoms with Gasteiger partial charge < -0.3 is 0 Å². The summed E-state index contributed by atoms with van der Waals surface area (Å²) in [6.07, 6.45) is -4.34. The highest BCUT2D eigenvalue weighted by Gasteiger charge is 2.30. The molecule has 0 N–H and O–H groups in total. The first-order chi connectivity index (χ1) is 10.1. The van der Waals surface area contributed by atoms with Crippen LogP contribution in [0.2, 0.25) is 0 Å². The fourth-order valence-corrected chi connectivity index (χ4v) is 2.14. The van der Waals surface area contributed by atoms with Gasteiger partial charge in [-0.3, -0.25) is 0 Å². The molecule has 2 aromatic rings. The Labute approximate surface area is 128 Å². The first-order valence-electron chi connectivity index (χ1n) is 6.84. The van der Waals surface area contributed by atoms with Gasteiger partial charge in [0, 0.05) is 0 Å². The van der Waals surface area contributed by atoms with Crippen molar-refractivity contribution in [2.75, 3.05) is 0 Å². The zero-order valence-corrected chi connectivity index (χ0v) is 12.6. The van der Waals surface area contributed by atoms with Gasteiger partial charge in [-0.15, -0.1) is 0 Å². The molecule has 22 heavy (non-hydrogen) atoms. The minimum Gasteiger partial charge on any atom is -0.192 e. The van der Waals surface area contributed by atoms with Crippen LogP contribution in [0.1, 0.15) is 37.5 Å². The number of nitrogens with zero attached hydrogens (tertiary/aromatic N) is 1. The Bertz CT molecular complexity index is 714. The molecule has 0 aromatic heterocycles. The molecule has 0 fully saturated rings. The summed E-state index contributed by atoms with van der Waals surface area (Å²) in [6.45, 7) is 6.08. The summed E-state index contributed by atoms with van der Waals surface area (Å²) in [5.74, 6) is 0. The smallest absolute Gasteiger partial charge is 0.192 e. The number of rotatable bonds is 1. The maximum Gasteiger partial charge on any atom is 0.416 e. The lowest BCUT2D eigenvalue weighted by molar-refractivity contribution is -0.137. The van der Waals surface area contributed by atoms with E-state index in [0.717, 1.165) is 23.3 Å². The van der Waals surface area contributed by atoms with Crippen LogP contribution in [-0.2, 0) is 11.6 Å². The van der Waals surface area contributed by atoms with Gasteiger partial charge in [0.05, 0.1) is 17.2 Å². The summed E-state index contributed by atoms with van der Waals surface area (Å²) in [5, 5.41) is 9.15. The van der Waals surface area contributed by atoms with E-state index in [0.29, 0.717) is 11.1 Å². The SMILES string of the molecule is CC(C)(C)c1cc(C#N)cc(-c2ccc(C(F)(F)F)cc2)c1. The zero-order chi connectivity index (χ0) is 16.5. The van der Waals surface area contributed by atoms with E-state index in [1.807, 2.05) is 32.9 Å². The summed E-state index contributed by atoms with van der Waals surface area (Å²) >= 11 is 0. The lowest BCUT2D eigenvalue weighted by Crippen LogP contribution is -2.11. The summed E-state index contributed by atoms with van der Waals surface area (Å²) < 4.78 is 37.9. The summed E-state index contributed by atoms with van der Waals surface area (Å²) in [7, 11) is 0. The molecule has 2 rings (SSSR count). The molecular formula is C18H16F3N. The molecule has 0 saturated heterocycles. The number of hydrogen-bond acceptors (Lipinski definition) is 1. The second-order valence-electron chi connectivity index (χ2n) is 6.24. The van der Waals surface area contributed by atoms with Crippen molar-refractivity contribution in [1.82, 2.24) is 0 Å². The topological polar surface area (TPSA) is 23.8 Å². The fraction of sp³-hybridized carbons (Fsp3) is 0.278. The van der Waals surface area contributed by atoms with Crippen molar-refractivity contribution in [3.05, 3.63) is 59.2 Å². The van der Waals surface area contributed by atoms with E-state index in [4.69, 9.17) is 5.26 Å². The van der Waals surface area contributed by atoms with Gasteiger partial charge in [-0.2, -0.15) is 18.4 Å². The minimum absolute atomic E-state index is 0.145. The standard InChI is InChI=1S/C18H16F3N/c1-17(2,3)16-9-12(11-22)8-14(10-16)13-4-6-15(7-5-13)18(19,20)21/h4-10H,1-3H3. The zero-order valence-electron chi connectivity index (χ0n) is 12.6. The maximum absolute atomic E-state index is 12.6. The molecule has 4 heteroatoms. The van der Waals surface area contributed by atoms with E-state index >= 15 is 0 Å². The summed E-state index contributed by atoms with van der Waals surface area (Å²) in [4.78, 5) is 0. The number of halogens is 3. The van der Waals surface area contributed by atoms with Crippen molar-refractivity contribution in [2.45, 2.75) is 32.4 Å². The normalized spacial score (nSPS) is 12.0. The third kappa shape index (κ3) is 3.48. The molecule has 0 spiro atoms. The molecule has 1 nitrogen and oxygen atoms in total. The van der Waals surface area contributed by atoms with Crippen LogP contribution in [0.3, 0.4) is 0 Å². The lowest BCUT2D eigenvalue weighted by Gasteiger charge is -2.20. The van der Waals surface area contributed by atoms with Crippen LogP contribution in [0, 0.1) is 11.3 Å². The van der Waals surface area contributed by atoms with E-state index in [9.17, 15) is 13.2 Å². The summed E-state index contributed by atoms with van der Waals surface area (Å²) in [5.41, 5.74) is 2.06. The molecule has 0 saturated carbocycles. The molecular weight excluding hydrogens is 287 g/mol. The Morgan fingerprint density at radius 3 is 1.86 bits per heavy atom. The summed E-state index contributed by atoms with van der Waals surface area (Å²) in [6, 6.07) is 12.5. The van der Waals surface area contributed by atoms with E-state index in [1.54, 1.807) is 6.07 Å². The third-order valence-electron chi connectivity index (χ3n) is 3.47. The molecule has 114 valence electrons. The molecule has 0 radical (unpaired) electrons. The number of benzene rings is 2.